The summed E-state index contributed by atoms with van der Waals surface area (Å²) in [6.07, 6.45) is -4.53. The molecule has 1 aromatic heterocycles. The van der Waals surface area contributed by atoms with Crippen LogP contribution in [0.4, 0.5) is 13.2 Å². The van der Waals surface area contributed by atoms with Gasteiger partial charge in [-0.1, -0.05) is 60.1 Å². The van der Waals surface area contributed by atoms with E-state index in [1.807, 2.05) is 19.1 Å². The lowest BCUT2D eigenvalue weighted by molar-refractivity contribution is -0.136. The number of alkyl halides is 3. The molecule has 0 amide bonds. The number of nitrogens with zero attached hydrogens (tertiary/aromatic N) is 3. The lowest BCUT2D eigenvalue weighted by Gasteiger charge is -2.26. The van der Waals surface area contributed by atoms with Gasteiger partial charge in [0.2, 0.25) is 0 Å². The Bertz CT molecular complexity index is 1290. The van der Waals surface area contributed by atoms with Crippen molar-refractivity contribution in [3.05, 3.63) is 94.1 Å². The van der Waals surface area contributed by atoms with Gasteiger partial charge in [-0.3, -0.25) is 4.90 Å². The summed E-state index contributed by atoms with van der Waals surface area (Å²) < 4.78 is 41.1. The molecule has 5 rings (SSSR count). The van der Waals surface area contributed by atoms with E-state index in [1.54, 1.807) is 30.3 Å². The second-order valence-corrected chi connectivity index (χ2v) is 8.37. The SMILES string of the molecule is CC(c1nc2cccc(C(F)(F)F)c2nc1-c1ccccc1Cl)N1Cc2ccccc2C1. The first kappa shape index (κ1) is 20.9. The van der Waals surface area contributed by atoms with E-state index in [4.69, 9.17) is 16.6 Å². The summed E-state index contributed by atoms with van der Waals surface area (Å²) in [6, 6.07) is 19.1. The first-order valence-corrected chi connectivity index (χ1v) is 10.6. The molecule has 1 aliphatic rings. The topological polar surface area (TPSA) is 29.0 Å². The number of rotatable bonds is 3. The third-order valence-corrected chi connectivity index (χ3v) is 6.29. The molecule has 3 nitrogen and oxygen atoms in total. The molecule has 0 N–H and O–H groups in total. The van der Waals surface area contributed by atoms with Crippen LogP contribution in [0.25, 0.3) is 22.3 Å². The Morgan fingerprint density at radius 1 is 0.875 bits per heavy atom. The van der Waals surface area contributed by atoms with Gasteiger partial charge in [-0.2, -0.15) is 13.2 Å². The third-order valence-electron chi connectivity index (χ3n) is 5.96. The molecule has 0 saturated carbocycles. The highest BCUT2D eigenvalue weighted by molar-refractivity contribution is 6.33. The number of halogens is 4. The van der Waals surface area contributed by atoms with Crippen LogP contribution in [-0.2, 0) is 19.3 Å². The van der Waals surface area contributed by atoms with Crippen LogP contribution in [0.1, 0.15) is 35.3 Å². The summed E-state index contributed by atoms with van der Waals surface area (Å²) in [5.74, 6) is 0. The van der Waals surface area contributed by atoms with Crippen LogP contribution in [0, 0.1) is 0 Å². The van der Waals surface area contributed by atoms with E-state index in [0.29, 0.717) is 22.0 Å². The Labute approximate surface area is 188 Å². The number of para-hydroxylation sites is 1. The molecule has 7 heteroatoms. The fourth-order valence-corrected chi connectivity index (χ4v) is 4.49. The van der Waals surface area contributed by atoms with E-state index < -0.39 is 11.7 Å². The molecule has 0 radical (unpaired) electrons. The number of aromatic nitrogens is 2. The molecule has 3 aromatic carbocycles. The van der Waals surface area contributed by atoms with E-state index in [2.05, 4.69) is 22.0 Å². The number of hydrogen-bond donors (Lipinski definition) is 0. The Morgan fingerprint density at radius 3 is 2.19 bits per heavy atom. The average molecular weight is 454 g/mol. The minimum Gasteiger partial charge on any atom is -0.286 e. The predicted molar refractivity (Wildman–Crippen MR) is 119 cm³/mol. The van der Waals surface area contributed by atoms with Crippen molar-refractivity contribution in [2.75, 3.05) is 0 Å². The van der Waals surface area contributed by atoms with Crippen molar-refractivity contribution >= 4 is 22.6 Å². The average Bonchev–Trinajstić information content (AvgIpc) is 3.21. The maximum absolute atomic E-state index is 13.7. The van der Waals surface area contributed by atoms with E-state index >= 15 is 0 Å². The zero-order valence-corrected chi connectivity index (χ0v) is 18.0. The van der Waals surface area contributed by atoms with Crippen molar-refractivity contribution in [3.63, 3.8) is 0 Å². The van der Waals surface area contributed by atoms with Crippen LogP contribution in [-0.4, -0.2) is 14.9 Å². The molecule has 0 fully saturated rings. The maximum Gasteiger partial charge on any atom is 0.418 e. The summed E-state index contributed by atoms with van der Waals surface area (Å²) in [4.78, 5) is 11.5. The van der Waals surface area contributed by atoms with Crippen molar-refractivity contribution in [2.45, 2.75) is 32.2 Å². The molecule has 162 valence electrons. The molecule has 0 saturated heterocycles. The van der Waals surface area contributed by atoms with E-state index in [1.165, 1.54) is 17.2 Å². The molecule has 0 spiro atoms. The highest BCUT2D eigenvalue weighted by Gasteiger charge is 2.35. The highest BCUT2D eigenvalue weighted by atomic mass is 35.5. The van der Waals surface area contributed by atoms with Crippen LogP contribution >= 0.6 is 11.6 Å². The lowest BCUT2D eigenvalue weighted by atomic mass is 10.0. The van der Waals surface area contributed by atoms with Crippen LogP contribution in [0.15, 0.2) is 66.7 Å². The molecule has 4 aromatic rings. The number of benzene rings is 3. The van der Waals surface area contributed by atoms with Gasteiger partial charge in [0, 0.05) is 18.7 Å². The first-order chi connectivity index (χ1) is 15.3. The van der Waals surface area contributed by atoms with E-state index in [9.17, 15) is 13.2 Å². The van der Waals surface area contributed by atoms with Crippen LogP contribution in [0.3, 0.4) is 0 Å². The van der Waals surface area contributed by atoms with Crippen molar-refractivity contribution in [1.29, 1.82) is 0 Å². The van der Waals surface area contributed by atoms with Gasteiger partial charge in [0.25, 0.3) is 0 Å². The van der Waals surface area contributed by atoms with Crippen molar-refractivity contribution < 1.29 is 13.2 Å². The summed E-state index contributed by atoms with van der Waals surface area (Å²) in [7, 11) is 0. The Morgan fingerprint density at radius 2 is 1.53 bits per heavy atom. The van der Waals surface area contributed by atoms with Crippen LogP contribution in [0.2, 0.25) is 5.02 Å². The standard InChI is InChI=1S/C25H19ClF3N3/c1-15(32-13-16-7-2-3-8-17(16)14-32)22-23(18-9-4-5-11-20(18)26)31-24-19(25(27,28)29)10-6-12-21(24)30-22/h2-12,15H,13-14H2,1H3. The predicted octanol–water partition coefficient (Wildman–Crippen LogP) is 7.05. The van der Waals surface area contributed by atoms with Gasteiger partial charge in [-0.25, -0.2) is 9.97 Å². The minimum absolute atomic E-state index is 0.171. The Balaban J connectivity index is 1.69. The fourth-order valence-electron chi connectivity index (χ4n) is 4.27. The first-order valence-electron chi connectivity index (χ1n) is 10.3. The van der Waals surface area contributed by atoms with Crippen molar-refractivity contribution in [1.82, 2.24) is 14.9 Å². The molecule has 0 aliphatic carbocycles. The van der Waals surface area contributed by atoms with Gasteiger partial charge < -0.3 is 0 Å². The quantitative estimate of drug-likeness (QED) is 0.333. The normalized spacial score (nSPS) is 15.2. The molecule has 1 aliphatic heterocycles. The largest absolute Gasteiger partial charge is 0.418 e. The van der Waals surface area contributed by atoms with Gasteiger partial charge in [0.15, 0.2) is 0 Å². The Kier molecular flexibility index (Phi) is 5.14. The fraction of sp³-hybridized carbons (Fsp3) is 0.200. The summed E-state index contributed by atoms with van der Waals surface area (Å²) >= 11 is 6.45. The zero-order chi connectivity index (χ0) is 22.5. The molecule has 1 atom stereocenters. The monoisotopic (exact) mass is 453 g/mol. The van der Waals surface area contributed by atoms with Gasteiger partial charge in [0.05, 0.1) is 33.5 Å². The molecule has 2 heterocycles. The summed E-state index contributed by atoms with van der Waals surface area (Å²) in [5, 5.41) is 0.420. The molecule has 1 unspecified atom stereocenters. The van der Waals surface area contributed by atoms with E-state index in [-0.39, 0.29) is 17.1 Å². The van der Waals surface area contributed by atoms with Gasteiger partial charge in [-0.15, -0.1) is 0 Å². The molecular formula is C25H19ClF3N3. The molecular weight excluding hydrogens is 435 g/mol. The highest BCUT2D eigenvalue weighted by Crippen LogP contribution is 2.39. The smallest absolute Gasteiger partial charge is 0.286 e. The Hall–Kier alpha value is -2.96. The molecule has 32 heavy (non-hydrogen) atoms. The number of hydrogen-bond acceptors (Lipinski definition) is 3. The minimum atomic E-state index is -4.53. The van der Waals surface area contributed by atoms with Gasteiger partial charge >= 0.3 is 6.18 Å². The third kappa shape index (κ3) is 3.63. The van der Waals surface area contributed by atoms with Crippen LogP contribution in [0.5, 0.6) is 0 Å². The zero-order valence-electron chi connectivity index (χ0n) is 17.2. The number of fused-ring (bicyclic) bond motifs is 2. The lowest BCUT2D eigenvalue weighted by Crippen LogP contribution is -2.23. The second kappa shape index (κ2) is 7.87. The van der Waals surface area contributed by atoms with Gasteiger partial charge in [0.1, 0.15) is 5.52 Å². The van der Waals surface area contributed by atoms with E-state index in [0.717, 1.165) is 19.2 Å². The van der Waals surface area contributed by atoms with Gasteiger partial charge in [-0.05, 0) is 36.2 Å². The van der Waals surface area contributed by atoms with Crippen molar-refractivity contribution in [2.24, 2.45) is 0 Å². The van der Waals surface area contributed by atoms with Crippen molar-refractivity contribution in [3.8, 4) is 11.3 Å². The summed E-state index contributed by atoms with van der Waals surface area (Å²) in [5.41, 5.74) is 3.28. The maximum atomic E-state index is 13.7. The van der Waals surface area contributed by atoms with Crippen LogP contribution < -0.4 is 0 Å². The molecule has 0 bridgehead atoms. The summed E-state index contributed by atoms with van der Waals surface area (Å²) in [6.45, 7) is 3.49. The second-order valence-electron chi connectivity index (χ2n) is 7.96.